The molecule has 154 valence electrons. The van der Waals surface area contributed by atoms with Gasteiger partial charge in [-0.25, -0.2) is 43.9 Å². The number of hydrogen-bond donors (Lipinski definition) is 0. The summed E-state index contributed by atoms with van der Waals surface area (Å²) in [6.45, 7) is 1.53. The van der Waals surface area contributed by atoms with Gasteiger partial charge in [-0.05, 0) is 12.0 Å². The van der Waals surface area contributed by atoms with Crippen LogP contribution in [0.3, 0.4) is 0 Å². The van der Waals surface area contributed by atoms with E-state index in [0.29, 0.717) is 0 Å². The Labute approximate surface area is 161 Å². The molecule has 0 saturated carbocycles. The molecule has 3 rings (SSSR count). The third-order valence-electron chi connectivity index (χ3n) is 4.96. The van der Waals surface area contributed by atoms with Crippen LogP contribution in [-0.2, 0) is 0 Å². The Hall–Kier alpha value is -1.99. The molecule has 0 bridgehead atoms. The van der Waals surface area contributed by atoms with E-state index in [1.54, 1.807) is 0 Å². The molecule has 0 nitrogen and oxygen atoms in total. The summed E-state index contributed by atoms with van der Waals surface area (Å²) in [7, 11) is 0. The molecule has 0 aliphatic carbocycles. The van der Waals surface area contributed by atoms with Gasteiger partial charge in [-0.1, -0.05) is 21.9 Å². The van der Waals surface area contributed by atoms with Crippen molar-refractivity contribution in [2.24, 2.45) is 0 Å². The molecule has 1 heterocycles. The lowest BCUT2D eigenvalue weighted by Gasteiger charge is -2.17. The second-order valence-electron chi connectivity index (χ2n) is 6.43. The minimum Gasteiger partial charge on any atom is -0.203 e. The Morgan fingerprint density at radius 2 is 0.897 bits per heavy atom. The van der Waals surface area contributed by atoms with Gasteiger partial charge >= 0.3 is 14.1 Å². The van der Waals surface area contributed by atoms with Crippen molar-refractivity contribution in [2.75, 3.05) is 0 Å². The molecular formula is C18H9AlF10. The first-order valence-corrected chi connectivity index (χ1v) is 10.5. The minimum absolute atomic E-state index is 0.0835. The maximum Gasteiger partial charge on any atom is 0.307 e. The van der Waals surface area contributed by atoms with Crippen molar-refractivity contribution >= 4 is 24.2 Å². The van der Waals surface area contributed by atoms with E-state index in [4.69, 9.17) is 0 Å². The number of hydrogen-bond acceptors (Lipinski definition) is 0. The van der Waals surface area contributed by atoms with Crippen LogP contribution in [0.25, 0.3) is 10.0 Å². The third kappa shape index (κ3) is 3.15. The molecule has 0 spiro atoms. The molecule has 2 aromatic carbocycles. The second-order valence-corrected chi connectivity index (χ2v) is 9.79. The normalized spacial score (nSPS) is 14.4. The summed E-state index contributed by atoms with van der Waals surface area (Å²) in [5.41, 5.74) is -3.43. The van der Waals surface area contributed by atoms with Gasteiger partial charge in [0.25, 0.3) is 0 Å². The van der Waals surface area contributed by atoms with Crippen molar-refractivity contribution in [1.82, 2.24) is 0 Å². The Morgan fingerprint density at radius 3 is 1.28 bits per heavy atom. The Morgan fingerprint density at radius 1 is 0.552 bits per heavy atom. The maximum atomic E-state index is 14.3. The summed E-state index contributed by atoms with van der Waals surface area (Å²) in [6.07, 6.45) is -0.335. The standard InChI is InChI=1S/C16H4F10.C2H5.Al/c1-2-4(6-9(19)13(23)16(26)14(24)10(6)20)3-5-7(17)11(21)15(25)12(22)8(5)18;1-2;/h1-2H2;1H2,2H3;. The number of halogens is 10. The van der Waals surface area contributed by atoms with Crippen LogP contribution in [0.1, 0.15) is 24.5 Å². The van der Waals surface area contributed by atoms with Crippen LogP contribution in [0.4, 0.5) is 43.9 Å². The predicted molar refractivity (Wildman–Crippen MR) is 84.9 cm³/mol. The molecule has 0 atom stereocenters. The van der Waals surface area contributed by atoms with Gasteiger partial charge in [-0.3, -0.25) is 0 Å². The number of allylic oxidation sites excluding steroid dienone is 1. The van der Waals surface area contributed by atoms with E-state index in [9.17, 15) is 43.9 Å². The molecule has 0 saturated heterocycles. The second kappa shape index (κ2) is 7.69. The van der Waals surface area contributed by atoms with E-state index >= 15 is 0 Å². The van der Waals surface area contributed by atoms with Gasteiger partial charge in [-0.2, -0.15) is 0 Å². The lowest BCUT2D eigenvalue weighted by molar-refractivity contribution is 0.375. The maximum absolute atomic E-state index is 14.3. The van der Waals surface area contributed by atoms with Gasteiger partial charge < -0.3 is 0 Å². The topological polar surface area (TPSA) is 0 Å². The summed E-state index contributed by atoms with van der Waals surface area (Å²) in [5, 5.41) is 0.272. The van der Waals surface area contributed by atoms with E-state index < -0.39 is 93.5 Å². The SMILES string of the molecule is C[CH2][Al]1[CH2]CC(c2c(F)c(F)c(F)c(F)c2F)=[C]1c1c(F)c(F)c(F)c(F)c1F. The summed E-state index contributed by atoms with van der Waals surface area (Å²) in [4.78, 5) is 0. The van der Waals surface area contributed by atoms with Gasteiger partial charge in [0.2, 0.25) is 11.6 Å². The summed E-state index contributed by atoms with van der Waals surface area (Å²) in [6, 6.07) is 0. The van der Waals surface area contributed by atoms with Gasteiger partial charge in [0.1, 0.15) is 0 Å². The molecule has 1 aliphatic rings. The average molecular weight is 442 g/mol. The highest BCUT2D eigenvalue weighted by Gasteiger charge is 2.40. The largest absolute Gasteiger partial charge is 0.307 e. The number of benzene rings is 2. The fourth-order valence-electron chi connectivity index (χ4n) is 3.58. The van der Waals surface area contributed by atoms with E-state index in [0.717, 1.165) is 0 Å². The van der Waals surface area contributed by atoms with Crippen molar-refractivity contribution in [3.8, 4) is 0 Å². The zero-order valence-corrected chi connectivity index (χ0v) is 15.6. The Bertz CT molecular complexity index is 1000. The lowest BCUT2D eigenvalue weighted by atomic mass is 9.98. The molecule has 0 aromatic heterocycles. The van der Waals surface area contributed by atoms with Gasteiger partial charge in [0, 0.05) is 5.56 Å². The predicted octanol–water partition coefficient (Wildman–Crippen LogP) is 6.45. The average Bonchev–Trinajstić information content (AvgIpc) is 3.11. The molecule has 0 fully saturated rings. The fraction of sp³-hybridized carbons (Fsp3) is 0.222. The lowest BCUT2D eigenvalue weighted by Crippen LogP contribution is -2.16. The van der Waals surface area contributed by atoms with Gasteiger partial charge in [-0.15, -0.1) is 0 Å². The highest BCUT2D eigenvalue weighted by Crippen LogP contribution is 2.45. The van der Waals surface area contributed by atoms with Gasteiger partial charge in [0.15, 0.2) is 46.5 Å². The molecule has 11 heteroatoms. The molecule has 1 aliphatic heterocycles. The quantitative estimate of drug-likeness (QED) is 0.222. The zero-order valence-electron chi connectivity index (χ0n) is 14.5. The van der Waals surface area contributed by atoms with Crippen LogP contribution in [0.15, 0.2) is 0 Å². The van der Waals surface area contributed by atoms with Crippen LogP contribution < -0.4 is 0 Å². The van der Waals surface area contributed by atoms with E-state index in [-0.39, 0.29) is 17.0 Å². The fourth-order valence-corrected chi connectivity index (χ4v) is 6.76. The van der Waals surface area contributed by atoms with Gasteiger partial charge in [0.05, 0.1) is 5.56 Å². The summed E-state index contributed by atoms with van der Waals surface area (Å²) in [5.74, 6) is -22.8. The van der Waals surface area contributed by atoms with E-state index in [1.165, 1.54) is 6.92 Å². The molecule has 29 heavy (non-hydrogen) atoms. The molecule has 2 aromatic rings. The van der Waals surface area contributed by atoms with Crippen LogP contribution in [0.5, 0.6) is 0 Å². The Balaban J connectivity index is 2.46. The number of rotatable bonds is 3. The van der Waals surface area contributed by atoms with E-state index in [2.05, 4.69) is 0 Å². The van der Waals surface area contributed by atoms with E-state index in [1.807, 2.05) is 0 Å². The first-order valence-electron chi connectivity index (χ1n) is 8.31. The highest BCUT2D eigenvalue weighted by molar-refractivity contribution is 6.82. The first kappa shape index (κ1) is 21.7. The minimum atomic E-state index is -2.56. The van der Waals surface area contributed by atoms with Crippen molar-refractivity contribution in [2.45, 2.75) is 23.9 Å². The molecule has 0 N–H and O–H groups in total. The first-order chi connectivity index (χ1) is 13.5. The third-order valence-corrected chi connectivity index (χ3v) is 8.38. The molecule has 0 radical (unpaired) electrons. The molecule has 0 unspecified atom stereocenters. The summed E-state index contributed by atoms with van der Waals surface area (Å²) >= 11 is -2.56. The monoisotopic (exact) mass is 442 g/mol. The Kier molecular flexibility index (Phi) is 5.76. The van der Waals surface area contributed by atoms with Crippen molar-refractivity contribution in [3.05, 3.63) is 69.3 Å². The summed E-state index contributed by atoms with van der Waals surface area (Å²) < 4.78 is 138. The molecule has 0 amide bonds. The zero-order chi connectivity index (χ0) is 21.8. The molecular weight excluding hydrogens is 433 g/mol. The van der Waals surface area contributed by atoms with Crippen LogP contribution >= 0.6 is 0 Å². The highest BCUT2D eigenvalue weighted by atomic mass is 27.2. The van der Waals surface area contributed by atoms with Crippen molar-refractivity contribution in [1.29, 1.82) is 0 Å². The van der Waals surface area contributed by atoms with Crippen LogP contribution in [0, 0.1) is 58.2 Å². The smallest absolute Gasteiger partial charge is 0.203 e. The van der Waals surface area contributed by atoms with Crippen molar-refractivity contribution in [3.63, 3.8) is 0 Å². The van der Waals surface area contributed by atoms with Crippen LogP contribution in [0.2, 0.25) is 10.6 Å². The van der Waals surface area contributed by atoms with Crippen molar-refractivity contribution < 1.29 is 43.9 Å². The van der Waals surface area contributed by atoms with Crippen LogP contribution in [-0.4, -0.2) is 14.1 Å².